The van der Waals surface area contributed by atoms with Crippen molar-refractivity contribution in [2.24, 2.45) is 0 Å². The highest BCUT2D eigenvalue weighted by molar-refractivity contribution is 9.09. The van der Waals surface area contributed by atoms with Crippen molar-refractivity contribution < 1.29 is 4.79 Å². The van der Waals surface area contributed by atoms with Gasteiger partial charge in [-0.3, -0.25) is 4.79 Å². The summed E-state index contributed by atoms with van der Waals surface area (Å²) in [5, 5.41) is 3.56. The maximum Gasteiger partial charge on any atom is 0.225 e. The zero-order chi connectivity index (χ0) is 13.5. The first-order chi connectivity index (χ1) is 8.58. The van der Waals surface area contributed by atoms with E-state index in [2.05, 4.69) is 46.9 Å². The first kappa shape index (κ1) is 15.0. The van der Waals surface area contributed by atoms with Gasteiger partial charge in [-0.15, -0.1) is 0 Å². The second-order valence-corrected chi connectivity index (χ2v) is 5.21. The Morgan fingerprint density at radius 3 is 2.39 bits per heavy atom. The van der Waals surface area contributed by atoms with Gasteiger partial charge >= 0.3 is 0 Å². The summed E-state index contributed by atoms with van der Waals surface area (Å²) in [5.41, 5.74) is 2.04. The van der Waals surface area contributed by atoms with Gasteiger partial charge in [0.1, 0.15) is 0 Å². The molecule has 3 nitrogen and oxygen atoms in total. The van der Waals surface area contributed by atoms with Crippen LogP contribution in [0.5, 0.6) is 0 Å². The van der Waals surface area contributed by atoms with E-state index in [0.29, 0.717) is 17.8 Å². The number of benzene rings is 1. The number of hydrogen-bond donors (Lipinski definition) is 1. The lowest BCUT2D eigenvalue weighted by molar-refractivity contribution is -0.115. The van der Waals surface area contributed by atoms with E-state index in [1.807, 2.05) is 24.3 Å². The Morgan fingerprint density at radius 2 is 1.94 bits per heavy atom. The molecule has 1 aromatic carbocycles. The molecule has 1 aromatic rings. The van der Waals surface area contributed by atoms with Gasteiger partial charge in [-0.25, -0.2) is 0 Å². The summed E-state index contributed by atoms with van der Waals surface area (Å²) in [6, 6.07) is 8.48. The fourth-order valence-electron chi connectivity index (χ4n) is 1.89. The zero-order valence-corrected chi connectivity index (χ0v) is 12.8. The summed E-state index contributed by atoms with van der Waals surface area (Å²) in [7, 11) is 0. The van der Waals surface area contributed by atoms with Crippen LogP contribution in [0.15, 0.2) is 24.3 Å². The monoisotopic (exact) mass is 312 g/mol. The number of carbonyl (C=O) groups excluding carboxylic acids is 1. The molecule has 0 saturated heterocycles. The number of nitrogens with one attached hydrogen (secondary N) is 1. The zero-order valence-electron chi connectivity index (χ0n) is 11.2. The van der Waals surface area contributed by atoms with Crippen LogP contribution in [0.1, 0.15) is 27.2 Å². The van der Waals surface area contributed by atoms with Gasteiger partial charge in [-0.1, -0.05) is 15.9 Å². The third-order valence-corrected chi connectivity index (χ3v) is 3.16. The molecule has 4 heteroatoms. The smallest absolute Gasteiger partial charge is 0.225 e. The van der Waals surface area contributed by atoms with Crippen LogP contribution < -0.4 is 10.2 Å². The summed E-state index contributed by atoms with van der Waals surface area (Å²) in [6.07, 6.45) is 0.495. The highest BCUT2D eigenvalue weighted by Gasteiger charge is 2.08. The number of alkyl halides is 1. The molecule has 18 heavy (non-hydrogen) atoms. The van der Waals surface area contributed by atoms with Gasteiger partial charge in [0.2, 0.25) is 5.91 Å². The van der Waals surface area contributed by atoms with Crippen LogP contribution in [0, 0.1) is 0 Å². The summed E-state index contributed by atoms with van der Waals surface area (Å²) in [6.45, 7) is 7.48. The Hall–Kier alpha value is -1.03. The summed E-state index contributed by atoms with van der Waals surface area (Å²) >= 11 is 3.25. The number of hydrogen-bond acceptors (Lipinski definition) is 2. The predicted molar refractivity (Wildman–Crippen MR) is 81.6 cm³/mol. The molecule has 0 atom stereocenters. The first-order valence-electron chi connectivity index (χ1n) is 6.31. The van der Waals surface area contributed by atoms with Gasteiger partial charge < -0.3 is 10.2 Å². The molecule has 0 aliphatic carbocycles. The average molecular weight is 313 g/mol. The van der Waals surface area contributed by atoms with E-state index in [4.69, 9.17) is 0 Å². The second-order valence-electron chi connectivity index (χ2n) is 4.41. The lowest BCUT2D eigenvalue weighted by Gasteiger charge is -2.27. The van der Waals surface area contributed by atoms with E-state index in [-0.39, 0.29) is 5.91 Å². The third-order valence-electron chi connectivity index (χ3n) is 2.77. The fourth-order valence-corrected chi connectivity index (χ4v) is 2.25. The number of nitrogens with zero attached hydrogens (tertiary/aromatic N) is 1. The number of carbonyl (C=O) groups is 1. The maximum absolute atomic E-state index is 11.4. The van der Waals surface area contributed by atoms with Crippen LogP contribution in [0.4, 0.5) is 11.4 Å². The Bertz CT molecular complexity index is 376. The van der Waals surface area contributed by atoms with Crippen molar-refractivity contribution in [2.75, 3.05) is 22.1 Å². The van der Waals surface area contributed by atoms with Crippen molar-refractivity contribution >= 4 is 33.2 Å². The van der Waals surface area contributed by atoms with Gasteiger partial charge in [0.15, 0.2) is 0 Å². The van der Waals surface area contributed by atoms with Crippen LogP contribution in [-0.2, 0) is 4.79 Å². The first-order valence-corrected chi connectivity index (χ1v) is 7.43. The number of halogens is 1. The van der Waals surface area contributed by atoms with Crippen molar-refractivity contribution in [1.29, 1.82) is 0 Å². The summed E-state index contributed by atoms with van der Waals surface area (Å²) in [4.78, 5) is 13.8. The van der Waals surface area contributed by atoms with Crippen molar-refractivity contribution in [1.82, 2.24) is 0 Å². The van der Waals surface area contributed by atoms with E-state index >= 15 is 0 Å². The van der Waals surface area contributed by atoms with E-state index in [9.17, 15) is 4.79 Å². The fraction of sp³-hybridized carbons (Fsp3) is 0.500. The third kappa shape index (κ3) is 4.33. The normalized spacial score (nSPS) is 10.5. The highest BCUT2D eigenvalue weighted by Crippen LogP contribution is 2.19. The molecule has 0 spiro atoms. The molecular formula is C14H21BrN2O. The van der Waals surface area contributed by atoms with Crippen LogP contribution in [0.25, 0.3) is 0 Å². The lowest BCUT2D eigenvalue weighted by Crippen LogP contribution is -2.30. The van der Waals surface area contributed by atoms with E-state index in [1.165, 1.54) is 5.69 Å². The van der Waals surface area contributed by atoms with Crippen LogP contribution in [-0.4, -0.2) is 23.8 Å². The Morgan fingerprint density at radius 1 is 1.33 bits per heavy atom. The van der Waals surface area contributed by atoms with Crippen molar-refractivity contribution in [3.05, 3.63) is 24.3 Å². The predicted octanol–water partition coefficient (Wildman–Crippen LogP) is 3.64. The minimum absolute atomic E-state index is 0.0378. The molecule has 100 valence electrons. The molecule has 0 bridgehead atoms. The Balaban J connectivity index is 2.70. The van der Waals surface area contributed by atoms with E-state index < -0.39 is 0 Å². The molecule has 0 aliphatic rings. The quantitative estimate of drug-likeness (QED) is 0.813. The van der Waals surface area contributed by atoms with Gasteiger partial charge in [-0.05, 0) is 45.0 Å². The molecule has 1 N–H and O–H groups in total. The molecule has 1 amide bonds. The average Bonchev–Trinajstić information content (AvgIpc) is 2.32. The Labute approximate surface area is 118 Å². The van der Waals surface area contributed by atoms with E-state index in [1.54, 1.807) is 0 Å². The maximum atomic E-state index is 11.4. The molecule has 0 radical (unpaired) electrons. The standard InChI is InChI=1S/C14H21BrN2O/c1-4-17(11(2)3)13-7-5-12(6-8-13)16-14(18)9-10-15/h5-8,11H,4,9-10H2,1-3H3,(H,16,18). The molecular weight excluding hydrogens is 292 g/mol. The molecule has 0 unspecified atom stereocenters. The second kappa shape index (κ2) is 7.41. The van der Waals surface area contributed by atoms with Crippen LogP contribution in [0.3, 0.4) is 0 Å². The van der Waals surface area contributed by atoms with Crippen molar-refractivity contribution in [3.8, 4) is 0 Å². The molecule has 0 heterocycles. The van der Waals surface area contributed by atoms with Crippen LogP contribution >= 0.6 is 15.9 Å². The number of amides is 1. The lowest BCUT2D eigenvalue weighted by atomic mass is 10.2. The SMILES string of the molecule is CCN(c1ccc(NC(=O)CCBr)cc1)C(C)C. The molecule has 0 aromatic heterocycles. The van der Waals surface area contributed by atoms with Crippen LogP contribution in [0.2, 0.25) is 0 Å². The minimum Gasteiger partial charge on any atom is -0.369 e. The molecule has 0 aliphatic heterocycles. The topological polar surface area (TPSA) is 32.3 Å². The van der Waals surface area contributed by atoms with Gasteiger partial charge in [0, 0.05) is 35.7 Å². The van der Waals surface area contributed by atoms with Crippen molar-refractivity contribution in [2.45, 2.75) is 33.2 Å². The summed E-state index contributed by atoms with van der Waals surface area (Å²) < 4.78 is 0. The molecule has 0 fully saturated rings. The van der Waals surface area contributed by atoms with Gasteiger partial charge in [0.25, 0.3) is 0 Å². The Kier molecular flexibility index (Phi) is 6.19. The van der Waals surface area contributed by atoms with E-state index in [0.717, 1.165) is 12.2 Å². The van der Waals surface area contributed by atoms with Gasteiger partial charge in [0.05, 0.1) is 0 Å². The summed E-state index contributed by atoms with van der Waals surface area (Å²) in [5.74, 6) is 0.0378. The highest BCUT2D eigenvalue weighted by atomic mass is 79.9. The van der Waals surface area contributed by atoms with Crippen molar-refractivity contribution in [3.63, 3.8) is 0 Å². The minimum atomic E-state index is 0.0378. The molecule has 0 saturated carbocycles. The number of anilines is 2. The number of rotatable bonds is 6. The van der Waals surface area contributed by atoms with Gasteiger partial charge in [-0.2, -0.15) is 0 Å². The largest absolute Gasteiger partial charge is 0.369 e. The molecule has 1 rings (SSSR count).